The molecule has 0 aromatic carbocycles. The van der Waals surface area contributed by atoms with Crippen LogP contribution in [0.25, 0.3) is 0 Å². The minimum atomic E-state index is 0.416. The Balaban J connectivity index is 1.63. The number of aromatic nitrogens is 1. The summed E-state index contributed by atoms with van der Waals surface area (Å²) in [7, 11) is 0. The Labute approximate surface area is 129 Å². The molecule has 20 heavy (non-hydrogen) atoms. The van der Waals surface area contributed by atoms with Gasteiger partial charge in [-0.15, -0.1) is 0 Å². The number of aryl methyl sites for hydroxylation is 1. The molecule has 1 atom stereocenters. The van der Waals surface area contributed by atoms with E-state index in [2.05, 4.69) is 42.8 Å². The zero-order chi connectivity index (χ0) is 14.1. The third-order valence-corrected chi connectivity index (χ3v) is 5.42. The molecule has 4 nitrogen and oxygen atoms in total. The van der Waals surface area contributed by atoms with E-state index in [0.29, 0.717) is 12.1 Å². The van der Waals surface area contributed by atoms with Gasteiger partial charge < -0.3 is 10.6 Å². The van der Waals surface area contributed by atoms with Gasteiger partial charge in [-0.3, -0.25) is 4.90 Å². The lowest BCUT2D eigenvalue weighted by Crippen LogP contribution is -2.46. The summed E-state index contributed by atoms with van der Waals surface area (Å²) in [5.74, 6) is 1.11. The Kier molecular flexibility index (Phi) is 4.29. The van der Waals surface area contributed by atoms with Gasteiger partial charge in [0.15, 0.2) is 0 Å². The summed E-state index contributed by atoms with van der Waals surface area (Å²) >= 11 is 3.52. The minimum absolute atomic E-state index is 0.416. The highest BCUT2D eigenvalue weighted by atomic mass is 79.9. The Bertz CT molecular complexity index is 471. The number of rotatable bonds is 2. The van der Waals surface area contributed by atoms with E-state index in [1.165, 1.54) is 6.42 Å². The molecule has 0 radical (unpaired) electrons. The number of piperidine rings is 1. The number of nitrogens with zero attached hydrogens (tertiary/aromatic N) is 3. The maximum absolute atomic E-state index is 5.99. The second-order valence-corrected chi connectivity index (χ2v) is 6.85. The van der Waals surface area contributed by atoms with E-state index in [4.69, 9.17) is 5.73 Å². The Morgan fingerprint density at radius 2 is 1.95 bits per heavy atom. The minimum Gasteiger partial charge on any atom is -0.355 e. The van der Waals surface area contributed by atoms with Gasteiger partial charge in [0.2, 0.25) is 0 Å². The van der Waals surface area contributed by atoms with Crippen molar-refractivity contribution in [3.63, 3.8) is 0 Å². The molecular formula is C15H23BrN4. The van der Waals surface area contributed by atoms with Crippen molar-refractivity contribution in [2.45, 2.75) is 38.3 Å². The highest BCUT2D eigenvalue weighted by Gasteiger charge is 2.30. The van der Waals surface area contributed by atoms with E-state index in [1.807, 2.05) is 6.92 Å². The van der Waals surface area contributed by atoms with Gasteiger partial charge in [0.25, 0.3) is 0 Å². The first-order valence-corrected chi connectivity index (χ1v) is 8.30. The van der Waals surface area contributed by atoms with Crippen LogP contribution in [0.15, 0.2) is 16.6 Å². The molecule has 0 spiro atoms. The molecule has 1 unspecified atom stereocenters. The highest BCUT2D eigenvalue weighted by molar-refractivity contribution is 9.10. The van der Waals surface area contributed by atoms with Crippen molar-refractivity contribution in [3.05, 3.63) is 22.3 Å². The zero-order valence-corrected chi connectivity index (χ0v) is 13.6. The van der Waals surface area contributed by atoms with E-state index < -0.39 is 0 Å². The number of nitrogens with two attached hydrogens (primary N) is 1. The van der Waals surface area contributed by atoms with Crippen LogP contribution in [-0.2, 0) is 0 Å². The van der Waals surface area contributed by atoms with Crippen LogP contribution in [0.2, 0.25) is 0 Å². The summed E-state index contributed by atoms with van der Waals surface area (Å²) in [6, 6.07) is 5.31. The summed E-state index contributed by atoms with van der Waals surface area (Å²) in [6.45, 7) is 6.58. The molecule has 3 rings (SSSR count). The van der Waals surface area contributed by atoms with Crippen LogP contribution in [0.1, 0.15) is 25.0 Å². The predicted molar refractivity (Wildman–Crippen MR) is 86.1 cm³/mol. The normalized spacial score (nSPS) is 25.4. The first kappa shape index (κ1) is 14.3. The number of anilines is 1. The molecule has 1 aromatic heterocycles. The van der Waals surface area contributed by atoms with Crippen molar-refractivity contribution in [1.82, 2.24) is 9.88 Å². The van der Waals surface area contributed by atoms with Gasteiger partial charge in [-0.1, -0.05) is 0 Å². The predicted octanol–water partition coefficient (Wildman–Crippen LogP) is 2.15. The largest absolute Gasteiger partial charge is 0.355 e. The molecule has 2 aliphatic rings. The molecule has 0 aliphatic carbocycles. The van der Waals surface area contributed by atoms with Gasteiger partial charge in [0.1, 0.15) is 5.82 Å². The van der Waals surface area contributed by atoms with E-state index >= 15 is 0 Å². The molecule has 2 fully saturated rings. The van der Waals surface area contributed by atoms with Crippen molar-refractivity contribution >= 4 is 21.7 Å². The fraction of sp³-hybridized carbons (Fsp3) is 0.667. The molecule has 5 heteroatoms. The third kappa shape index (κ3) is 3.00. The Morgan fingerprint density at radius 3 is 2.65 bits per heavy atom. The third-order valence-electron chi connectivity index (χ3n) is 4.58. The van der Waals surface area contributed by atoms with Gasteiger partial charge in [0.05, 0.1) is 5.69 Å². The van der Waals surface area contributed by atoms with Gasteiger partial charge in [-0.25, -0.2) is 4.98 Å². The lowest BCUT2D eigenvalue weighted by Gasteiger charge is -2.34. The molecule has 0 bridgehead atoms. The molecular weight excluding hydrogens is 316 g/mol. The monoisotopic (exact) mass is 338 g/mol. The fourth-order valence-electron chi connectivity index (χ4n) is 3.24. The van der Waals surface area contributed by atoms with Crippen molar-refractivity contribution in [2.75, 3.05) is 31.1 Å². The maximum atomic E-state index is 5.99. The number of hydrogen-bond donors (Lipinski definition) is 1. The van der Waals surface area contributed by atoms with Gasteiger partial charge in [-0.05, 0) is 67.3 Å². The molecule has 2 N–H and O–H groups in total. The van der Waals surface area contributed by atoms with Gasteiger partial charge >= 0.3 is 0 Å². The topological polar surface area (TPSA) is 45.4 Å². The number of hydrogen-bond acceptors (Lipinski definition) is 4. The van der Waals surface area contributed by atoms with E-state index in [-0.39, 0.29) is 0 Å². The van der Waals surface area contributed by atoms with E-state index in [0.717, 1.165) is 55.0 Å². The molecule has 2 saturated heterocycles. The zero-order valence-electron chi connectivity index (χ0n) is 12.1. The van der Waals surface area contributed by atoms with Crippen LogP contribution in [0.5, 0.6) is 0 Å². The van der Waals surface area contributed by atoms with Gasteiger partial charge in [-0.2, -0.15) is 0 Å². The summed E-state index contributed by atoms with van der Waals surface area (Å²) in [4.78, 5) is 9.72. The summed E-state index contributed by atoms with van der Waals surface area (Å²) < 4.78 is 1.09. The van der Waals surface area contributed by atoms with E-state index in [9.17, 15) is 0 Å². The molecule has 1 aromatic rings. The van der Waals surface area contributed by atoms with Crippen molar-refractivity contribution in [1.29, 1.82) is 0 Å². The molecule has 0 amide bonds. The quantitative estimate of drug-likeness (QED) is 0.897. The second kappa shape index (κ2) is 6.00. The fourth-order valence-corrected chi connectivity index (χ4v) is 3.46. The molecule has 0 saturated carbocycles. The standard InChI is InChI=1S/C15H23BrN4/c1-11-14(16)2-3-15(18-11)20-9-6-13(10-20)19-7-4-12(17)5-8-19/h2-3,12-13H,4-10,17H2,1H3. The summed E-state index contributed by atoms with van der Waals surface area (Å²) in [6.07, 6.45) is 3.53. The van der Waals surface area contributed by atoms with Crippen molar-refractivity contribution in [2.24, 2.45) is 5.73 Å². The van der Waals surface area contributed by atoms with Crippen LogP contribution in [0, 0.1) is 6.92 Å². The van der Waals surface area contributed by atoms with Crippen LogP contribution < -0.4 is 10.6 Å². The van der Waals surface area contributed by atoms with Crippen molar-refractivity contribution < 1.29 is 0 Å². The second-order valence-electron chi connectivity index (χ2n) is 6.00. The molecule has 2 aliphatic heterocycles. The first-order chi connectivity index (χ1) is 9.63. The van der Waals surface area contributed by atoms with Crippen LogP contribution in [0.3, 0.4) is 0 Å². The van der Waals surface area contributed by atoms with Crippen LogP contribution in [0.4, 0.5) is 5.82 Å². The molecule has 3 heterocycles. The number of halogens is 1. The lowest BCUT2D eigenvalue weighted by molar-refractivity contribution is 0.163. The highest BCUT2D eigenvalue weighted by Crippen LogP contribution is 2.25. The SMILES string of the molecule is Cc1nc(N2CCC(N3CCC(N)CC3)C2)ccc1Br. The van der Waals surface area contributed by atoms with Crippen LogP contribution in [-0.4, -0.2) is 48.1 Å². The maximum Gasteiger partial charge on any atom is 0.128 e. The lowest BCUT2D eigenvalue weighted by atomic mass is 10.0. The first-order valence-electron chi connectivity index (χ1n) is 7.51. The number of likely N-dealkylation sites (tertiary alicyclic amines) is 1. The average molecular weight is 339 g/mol. The van der Waals surface area contributed by atoms with Crippen LogP contribution >= 0.6 is 15.9 Å². The average Bonchev–Trinajstić information content (AvgIpc) is 2.92. The Morgan fingerprint density at radius 1 is 1.20 bits per heavy atom. The van der Waals surface area contributed by atoms with Gasteiger partial charge in [0, 0.05) is 29.6 Å². The smallest absolute Gasteiger partial charge is 0.128 e. The summed E-state index contributed by atoms with van der Waals surface area (Å²) in [5, 5.41) is 0. The van der Waals surface area contributed by atoms with E-state index in [1.54, 1.807) is 0 Å². The number of pyridine rings is 1. The molecule has 110 valence electrons. The van der Waals surface area contributed by atoms with Crippen molar-refractivity contribution in [3.8, 4) is 0 Å². The Hall–Kier alpha value is -0.650. The summed E-state index contributed by atoms with van der Waals surface area (Å²) in [5.41, 5.74) is 7.06.